The third-order valence-corrected chi connectivity index (χ3v) is 2.03. The van der Waals surface area contributed by atoms with Crippen molar-refractivity contribution in [2.45, 2.75) is 6.10 Å². The highest BCUT2D eigenvalue weighted by Crippen LogP contribution is 2.21. The molecule has 0 aliphatic rings. The van der Waals surface area contributed by atoms with Gasteiger partial charge in [0, 0.05) is 11.6 Å². The number of amides is 1. The molecule has 1 aromatic carbocycles. The van der Waals surface area contributed by atoms with E-state index in [-0.39, 0.29) is 0 Å². The van der Waals surface area contributed by atoms with E-state index >= 15 is 0 Å². The number of hydrogen-bond donors (Lipinski definition) is 1. The van der Waals surface area contributed by atoms with Gasteiger partial charge in [-0.05, 0) is 12.1 Å². The molecule has 2 atom stereocenters. The normalized spacial score (nSPS) is 14.4. The van der Waals surface area contributed by atoms with Crippen LogP contribution in [0.3, 0.4) is 0 Å². The maximum atomic E-state index is 13.2. The van der Waals surface area contributed by atoms with Crippen molar-refractivity contribution < 1.29 is 26.5 Å². The van der Waals surface area contributed by atoms with Crippen molar-refractivity contribution in [1.29, 1.82) is 0 Å². The molecule has 0 saturated carbocycles. The first-order valence-electron chi connectivity index (χ1n) is 3.92. The van der Waals surface area contributed by atoms with E-state index in [4.69, 9.17) is 5.73 Å². The van der Waals surface area contributed by atoms with E-state index in [0.29, 0.717) is 6.07 Å². The monoisotopic (exact) mass is 250 g/mol. The van der Waals surface area contributed by atoms with Crippen LogP contribution in [0, 0.1) is 11.6 Å². The van der Waals surface area contributed by atoms with Gasteiger partial charge in [0.1, 0.15) is 11.6 Å². The first-order valence-corrected chi connectivity index (χ1v) is 4.92. The van der Waals surface area contributed by atoms with Crippen molar-refractivity contribution in [1.82, 2.24) is 0 Å². The second-order valence-electron chi connectivity index (χ2n) is 2.75. The average molecular weight is 250 g/mol. The van der Waals surface area contributed by atoms with Gasteiger partial charge < -0.3 is 10.3 Å². The van der Waals surface area contributed by atoms with Gasteiger partial charge in [-0.25, -0.2) is 13.0 Å². The van der Waals surface area contributed by atoms with Gasteiger partial charge in [0.15, 0.2) is 6.10 Å². The summed E-state index contributed by atoms with van der Waals surface area (Å²) >= 11 is -3.04. The number of carbonyl (C=O) groups is 1. The van der Waals surface area contributed by atoms with Crippen molar-refractivity contribution in [3.8, 4) is 0 Å². The lowest BCUT2D eigenvalue weighted by atomic mass is 10.1. The Kier molecular flexibility index (Phi) is 4.05. The zero-order chi connectivity index (χ0) is 12.3. The molecule has 2 unspecified atom stereocenters. The molecule has 1 rings (SSSR count). The fourth-order valence-electron chi connectivity index (χ4n) is 1.05. The summed E-state index contributed by atoms with van der Waals surface area (Å²) in [7, 11) is 0. The predicted octanol–water partition coefficient (Wildman–Crippen LogP) is 0.302. The number of halogens is 2. The van der Waals surface area contributed by atoms with E-state index < -0.39 is 40.6 Å². The van der Waals surface area contributed by atoms with Crippen LogP contribution >= 0.6 is 0 Å². The summed E-state index contributed by atoms with van der Waals surface area (Å²) in [6, 6.07) is 2.22. The van der Waals surface area contributed by atoms with Gasteiger partial charge in [-0.15, -0.1) is 0 Å². The summed E-state index contributed by atoms with van der Waals surface area (Å²) in [5.41, 5.74) is 4.38. The van der Waals surface area contributed by atoms with Crippen molar-refractivity contribution in [3.05, 3.63) is 35.4 Å². The summed E-state index contributed by atoms with van der Waals surface area (Å²) in [5, 5.41) is 0. The van der Waals surface area contributed by atoms with Crippen LogP contribution in [-0.2, 0) is 20.3 Å². The van der Waals surface area contributed by atoms with Crippen LogP contribution in [0.5, 0.6) is 0 Å². The average Bonchev–Trinajstić information content (AvgIpc) is 2.14. The topological polar surface area (TPSA) is 92.5 Å². The summed E-state index contributed by atoms with van der Waals surface area (Å²) in [6.45, 7) is 0. The molecular formula is C8H6F2NO4S-. The Labute approximate surface area is 91.7 Å². The molecule has 8 heteroatoms. The Morgan fingerprint density at radius 2 is 2.12 bits per heavy atom. The summed E-state index contributed by atoms with van der Waals surface area (Å²) < 4.78 is 50.3. The lowest BCUT2D eigenvalue weighted by Gasteiger charge is -2.16. The van der Waals surface area contributed by atoms with E-state index in [1.807, 2.05) is 0 Å². The zero-order valence-electron chi connectivity index (χ0n) is 7.68. The molecule has 0 bridgehead atoms. The smallest absolute Gasteiger partial charge is 0.252 e. The van der Waals surface area contributed by atoms with E-state index in [0.717, 1.165) is 12.1 Å². The SMILES string of the molecule is NC(=O)C(OS(=O)[O-])c1ccc(F)cc1F. The molecule has 1 aromatic rings. The summed E-state index contributed by atoms with van der Waals surface area (Å²) in [4.78, 5) is 10.8. The molecule has 0 aliphatic carbocycles. The van der Waals surface area contributed by atoms with Crippen molar-refractivity contribution >= 4 is 17.3 Å². The van der Waals surface area contributed by atoms with Gasteiger partial charge in [-0.2, -0.15) is 0 Å². The molecule has 0 radical (unpaired) electrons. The highest BCUT2D eigenvalue weighted by atomic mass is 32.2. The van der Waals surface area contributed by atoms with Gasteiger partial charge in [-0.3, -0.25) is 8.98 Å². The second-order valence-corrected chi connectivity index (χ2v) is 3.35. The lowest BCUT2D eigenvalue weighted by molar-refractivity contribution is -0.125. The maximum absolute atomic E-state index is 13.2. The standard InChI is InChI=1S/C8H7F2NO4S/c9-4-1-2-5(6(10)3-4)7(8(11)12)15-16(13)14/h1-3,7H,(H2,11,12)(H,13,14)/p-1. The number of primary amides is 1. The van der Waals surface area contributed by atoms with E-state index in [1.54, 1.807) is 0 Å². The number of rotatable bonds is 4. The number of hydrogen-bond acceptors (Lipinski definition) is 4. The fourth-order valence-corrected chi connectivity index (χ4v) is 1.40. The Morgan fingerprint density at radius 1 is 1.50 bits per heavy atom. The Balaban J connectivity index is 3.10. The molecule has 16 heavy (non-hydrogen) atoms. The van der Waals surface area contributed by atoms with Gasteiger partial charge in [0.05, 0.1) is 11.4 Å². The highest BCUT2D eigenvalue weighted by molar-refractivity contribution is 7.74. The van der Waals surface area contributed by atoms with E-state index in [2.05, 4.69) is 4.18 Å². The lowest BCUT2D eigenvalue weighted by Crippen LogP contribution is -2.25. The second kappa shape index (κ2) is 5.10. The van der Waals surface area contributed by atoms with Gasteiger partial charge in [0.25, 0.3) is 5.91 Å². The first kappa shape index (κ1) is 12.7. The number of carbonyl (C=O) groups excluding carboxylic acids is 1. The molecular weight excluding hydrogens is 244 g/mol. The van der Waals surface area contributed by atoms with Crippen molar-refractivity contribution in [2.75, 3.05) is 0 Å². The molecule has 0 aromatic heterocycles. The largest absolute Gasteiger partial charge is 0.750 e. The van der Waals surface area contributed by atoms with Crippen LogP contribution < -0.4 is 5.73 Å². The minimum Gasteiger partial charge on any atom is -0.750 e. The summed E-state index contributed by atoms with van der Waals surface area (Å²) in [5.74, 6) is -3.18. The third-order valence-electron chi connectivity index (χ3n) is 1.68. The predicted molar refractivity (Wildman–Crippen MR) is 48.3 cm³/mol. The number of nitrogens with two attached hydrogens (primary N) is 1. The molecule has 1 amide bonds. The summed E-state index contributed by atoms with van der Waals surface area (Å²) in [6.07, 6.45) is -1.81. The quantitative estimate of drug-likeness (QED) is 0.778. The molecule has 88 valence electrons. The van der Waals surface area contributed by atoms with Crippen molar-refractivity contribution in [2.24, 2.45) is 5.73 Å². The van der Waals surface area contributed by atoms with E-state index in [1.165, 1.54) is 0 Å². The zero-order valence-corrected chi connectivity index (χ0v) is 8.50. The Hall–Kier alpha value is -1.38. The van der Waals surface area contributed by atoms with Crippen LogP contribution in [0.25, 0.3) is 0 Å². The van der Waals surface area contributed by atoms with Crippen LogP contribution in [0.4, 0.5) is 8.78 Å². The van der Waals surface area contributed by atoms with Gasteiger partial charge in [-0.1, -0.05) is 0 Å². The third kappa shape index (κ3) is 3.05. The van der Waals surface area contributed by atoms with Gasteiger partial charge >= 0.3 is 0 Å². The molecule has 0 saturated heterocycles. The van der Waals surface area contributed by atoms with Crippen molar-refractivity contribution in [3.63, 3.8) is 0 Å². The van der Waals surface area contributed by atoms with Gasteiger partial charge in [0.2, 0.25) is 0 Å². The molecule has 2 N–H and O–H groups in total. The maximum Gasteiger partial charge on any atom is 0.252 e. The van der Waals surface area contributed by atoms with Crippen LogP contribution in [0.15, 0.2) is 18.2 Å². The fraction of sp³-hybridized carbons (Fsp3) is 0.125. The Bertz CT molecular complexity index is 440. The van der Waals surface area contributed by atoms with Crippen LogP contribution in [0.1, 0.15) is 11.7 Å². The van der Waals surface area contributed by atoms with E-state index in [9.17, 15) is 22.3 Å². The molecule has 0 heterocycles. The molecule has 0 fully saturated rings. The molecule has 0 aliphatic heterocycles. The van der Waals surface area contributed by atoms with Crippen LogP contribution in [0.2, 0.25) is 0 Å². The Morgan fingerprint density at radius 3 is 2.56 bits per heavy atom. The molecule has 0 spiro atoms. The minimum absolute atomic E-state index is 0.446. The highest BCUT2D eigenvalue weighted by Gasteiger charge is 2.23. The first-order chi connectivity index (χ1) is 7.41. The minimum atomic E-state index is -3.04. The number of benzene rings is 1. The molecule has 5 nitrogen and oxygen atoms in total. The van der Waals surface area contributed by atoms with Crippen LogP contribution in [-0.4, -0.2) is 14.7 Å².